The van der Waals surface area contributed by atoms with Gasteiger partial charge in [-0.1, -0.05) is 6.42 Å². The number of halogens is 1. The highest BCUT2D eigenvalue weighted by Gasteiger charge is 2.27. The molecule has 148 valence electrons. The smallest absolute Gasteiger partial charge is 0.264 e. The van der Waals surface area contributed by atoms with E-state index in [9.17, 15) is 9.59 Å². The number of aryl methyl sites for hydroxylation is 2. The maximum absolute atomic E-state index is 13.1. The molecule has 1 fully saturated rings. The third kappa shape index (κ3) is 3.65. The summed E-state index contributed by atoms with van der Waals surface area (Å²) in [7, 11) is 1.97. The number of carbonyl (C=O) groups excluding carboxylic acids is 1. The first-order valence-corrected chi connectivity index (χ1v) is 10.4. The summed E-state index contributed by atoms with van der Waals surface area (Å²) in [6.45, 7) is 4.17. The quantitative estimate of drug-likeness (QED) is 0.826. The lowest BCUT2D eigenvalue weighted by Gasteiger charge is -2.31. The molecule has 2 aromatic heterocycles. The number of rotatable bonds is 2. The van der Waals surface area contributed by atoms with Crippen LogP contribution in [0, 0.1) is 6.92 Å². The van der Waals surface area contributed by atoms with Gasteiger partial charge in [0.25, 0.3) is 11.5 Å². The molecule has 0 atom stereocenters. The molecule has 1 amide bonds. The molecule has 0 aromatic carbocycles. The predicted octanol–water partition coefficient (Wildman–Crippen LogP) is 2.74. The first kappa shape index (κ1) is 20.3. The van der Waals surface area contributed by atoms with Crippen LogP contribution < -0.4 is 10.9 Å². The molecule has 4 rings (SSSR count). The molecular weight excluding hydrogens is 384 g/mol. The van der Waals surface area contributed by atoms with Gasteiger partial charge in [-0.05, 0) is 45.2 Å². The Balaban J connectivity index is 0.00000210. The fraction of sp³-hybridized carbons (Fsp3) is 0.632. The summed E-state index contributed by atoms with van der Waals surface area (Å²) in [5, 5.41) is 3.94. The lowest BCUT2D eigenvalue weighted by atomic mass is 10.0. The second-order valence-electron chi connectivity index (χ2n) is 7.39. The number of carbonyl (C=O) groups is 1. The number of fused-ring (bicyclic) bond motifs is 2. The van der Waals surface area contributed by atoms with Crippen molar-refractivity contribution in [2.45, 2.75) is 58.0 Å². The van der Waals surface area contributed by atoms with Crippen LogP contribution in [0.2, 0.25) is 0 Å². The fourth-order valence-corrected chi connectivity index (χ4v) is 5.29. The Labute approximate surface area is 169 Å². The second kappa shape index (κ2) is 8.29. The van der Waals surface area contributed by atoms with Crippen LogP contribution in [-0.2, 0) is 13.0 Å². The highest BCUT2D eigenvalue weighted by atomic mass is 35.5. The van der Waals surface area contributed by atoms with E-state index in [1.54, 1.807) is 0 Å². The monoisotopic (exact) mass is 410 g/mol. The van der Waals surface area contributed by atoms with Crippen molar-refractivity contribution in [2.24, 2.45) is 0 Å². The average Bonchev–Trinajstić information content (AvgIpc) is 2.83. The minimum Gasteiger partial charge on any atom is -0.338 e. The topological polar surface area (TPSA) is 67.2 Å². The van der Waals surface area contributed by atoms with Crippen molar-refractivity contribution in [3.8, 4) is 0 Å². The van der Waals surface area contributed by atoms with Gasteiger partial charge in [0, 0.05) is 32.1 Å². The molecule has 0 aliphatic carbocycles. The molecule has 1 N–H and O–H groups in total. The van der Waals surface area contributed by atoms with Crippen molar-refractivity contribution in [1.29, 1.82) is 0 Å². The van der Waals surface area contributed by atoms with Gasteiger partial charge in [0.1, 0.15) is 10.7 Å². The van der Waals surface area contributed by atoms with Crippen LogP contribution in [0.4, 0.5) is 0 Å². The maximum atomic E-state index is 13.1. The number of nitrogens with one attached hydrogen (secondary N) is 1. The molecule has 1 saturated heterocycles. The van der Waals surface area contributed by atoms with E-state index in [-0.39, 0.29) is 23.9 Å². The molecule has 6 nitrogen and oxygen atoms in total. The van der Waals surface area contributed by atoms with Crippen molar-refractivity contribution >= 4 is 39.9 Å². The standard InChI is InChI=1S/C19H26N4O2S.ClH/c1-12-15-17(21-14-6-4-3-5-9-23(14)18(15)24)26-16(12)19(25)22-10-7-13(20-2)8-11-22;/h13,20H,3-11H2,1-2H3;1H. The molecule has 8 heteroatoms. The molecule has 2 aliphatic heterocycles. The molecule has 27 heavy (non-hydrogen) atoms. The Kier molecular flexibility index (Phi) is 6.23. The van der Waals surface area contributed by atoms with Gasteiger partial charge in [0.05, 0.1) is 10.3 Å². The van der Waals surface area contributed by atoms with E-state index in [1.165, 1.54) is 11.3 Å². The first-order chi connectivity index (χ1) is 12.6. The summed E-state index contributed by atoms with van der Waals surface area (Å²) in [4.78, 5) is 34.2. The lowest BCUT2D eigenvalue weighted by molar-refractivity contribution is 0.0711. The van der Waals surface area contributed by atoms with E-state index in [0.29, 0.717) is 16.3 Å². The van der Waals surface area contributed by atoms with Crippen LogP contribution >= 0.6 is 23.7 Å². The van der Waals surface area contributed by atoms with E-state index >= 15 is 0 Å². The summed E-state index contributed by atoms with van der Waals surface area (Å²) < 4.78 is 1.84. The van der Waals surface area contributed by atoms with Gasteiger partial charge in [-0.25, -0.2) is 4.98 Å². The fourth-order valence-electron chi connectivity index (χ4n) is 4.13. The van der Waals surface area contributed by atoms with Crippen molar-refractivity contribution in [3.05, 3.63) is 26.6 Å². The highest BCUT2D eigenvalue weighted by Crippen LogP contribution is 2.30. The Hall–Kier alpha value is -1.44. The number of piperidine rings is 1. The SMILES string of the molecule is CNC1CCN(C(=O)c2sc3nc4n(c(=O)c3c2C)CCCCC4)CC1.Cl. The van der Waals surface area contributed by atoms with E-state index in [0.717, 1.165) is 74.4 Å². The third-order valence-corrected chi connectivity index (χ3v) is 6.97. The number of hydrogen-bond donors (Lipinski definition) is 1. The Morgan fingerprint density at radius 3 is 2.63 bits per heavy atom. The van der Waals surface area contributed by atoms with E-state index in [4.69, 9.17) is 4.98 Å². The lowest BCUT2D eigenvalue weighted by Crippen LogP contribution is -2.43. The van der Waals surface area contributed by atoms with Crippen molar-refractivity contribution in [1.82, 2.24) is 19.8 Å². The largest absolute Gasteiger partial charge is 0.338 e. The van der Waals surface area contributed by atoms with Crippen molar-refractivity contribution < 1.29 is 4.79 Å². The minimum absolute atomic E-state index is 0. The van der Waals surface area contributed by atoms with Crippen LogP contribution in [0.1, 0.15) is 53.2 Å². The van der Waals surface area contributed by atoms with Gasteiger partial charge in [-0.2, -0.15) is 0 Å². The summed E-state index contributed by atoms with van der Waals surface area (Å²) in [6.07, 6.45) is 6.04. The number of aromatic nitrogens is 2. The molecule has 4 heterocycles. The zero-order chi connectivity index (χ0) is 18.3. The maximum Gasteiger partial charge on any atom is 0.264 e. The second-order valence-corrected chi connectivity index (χ2v) is 8.39. The van der Waals surface area contributed by atoms with Crippen molar-refractivity contribution in [2.75, 3.05) is 20.1 Å². The Morgan fingerprint density at radius 1 is 1.19 bits per heavy atom. The van der Waals surface area contributed by atoms with Crippen LogP contribution in [0.5, 0.6) is 0 Å². The molecule has 0 unspecified atom stereocenters. The van der Waals surface area contributed by atoms with Gasteiger partial charge < -0.3 is 10.2 Å². The van der Waals surface area contributed by atoms with Gasteiger partial charge in [0.15, 0.2) is 0 Å². The Morgan fingerprint density at radius 2 is 1.93 bits per heavy atom. The van der Waals surface area contributed by atoms with E-state index < -0.39 is 0 Å². The number of nitrogens with zero attached hydrogens (tertiary/aromatic N) is 3. The van der Waals surface area contributed by atoms with Crippen LogP contribution in [-0.4, -0.2) is 46.5 Å². The van der Waals surface area contributed by atoms with Gasteiger partial charge in [-0.3, -0.25) is 14.2 Å². The highest BCUT2D eigenvalue weighted by molar-refractivity contribution is 7.20. The molecule has 0 bridgehead atoms. The van der Waals surface area contributed by atoms with Crippen LogP contribution in [0.25, 0.3) is 10.2 Å². The molecule has 2 aromatic rings. The van der Waals surface area contributed by atoms with Gasteiger partial charge >= 0.3 is 0 Å². The van der Waals surface area contributed by atoms with Crippen LogP contribution in [0.3, 0.4) is 0 Å². The molecule has 0 spiro atoms. The molecule has 0 saturated carbocycles. The molecular formula is C19H27ClN4O2S. The third-order valence-electron chi connectivity index (χ3n) is 5.80. The summed E-state index contributed by atoms with van der Waals surface area (Å²) in [6, 6.07) is 0.490. The first-order valence-electron chi connectivity index (χ1n) is 9.59. The Bertz CT molecular complexity index is 899. The normalized spacial score (nSPS) is 18.1. The van der Waals surface area contributed by atoms with E-state index in [1.807, 2.05) is 23.4 Å². The van der Waals surface area contributed by atoms with Gasteiger partial charge in [-0.15, -0.1) is 23.7 Å². The zero-order valence-corrected chi connectivity index (χ0v) is 17.5. The zero-order valence-electron chi connectivity index (χ0n) is 15.9. The number of amides is 1. The number of hydrogen-bond acceptors (Lipinski definition) is 5. The summed E-state index contributed by atoms with van der Waals surface area (Å²) >= 11 is 1.39. The average molecular weight is 411 g/mol. The predicted molar refractivity (Wildman–Crippen MR) is 111 cm³/mol. The summed E-state index contributed by atoms with van der Waals surface area (Å²) in [5.74, 6) is 0.940. The van der Waals surface area contributed by atoms with Crippen molar-refractivity contribution in [3.63, 3.8) is 0 Å². The minimum atomic E-state index is 0. The number of likely N-dealkylation sites (tertiary alicyclic amines) is 1. The van der Waals surface area contributed by atoms with E-state index in [2.05, 4.69) is 5.32 Å². The molecule has 0 radical (unpaired) electrons. The summed E-state index contributed by atoms with van der Waals surface area (Å²) in [5.41, 5.74) is 0.844. The van der Waals surface area contributed by atoms with Crippen LogP contribution in [0.15, 0.2) is 4.79 Å². The van der Waals surface area contributed by atoms with Gasteiger partial charge in [0.2, 0.25) is 0 Å². The number of thiophene rings is 1. The molecule has 2 aliphatic rings.